The molecule has 0 aliphatic carbocycles. The summed E-state index contributed by atoms with van der Waals surface area (Å²) >= 11 is 3.97. The van der Waals surface area contributed by atoms with Gasteiger partial charge in [-0.3, -0.25) is 4.79 Å². The van der Waals surface area contributed by atoms with Gasteiger partial charge in [0, 0.05) is 19.6 Å². The Morgan fingerprint density at radius 3 is 3.08 bits per heavy atom. The fourth-order valence-electron chi connectivity index (χ4n) is 1.22. The minimum absolute atomic E-state index is 0.0699. The van der Waals surface area contributed by atoms with Crippen LogP contribution in [-0.2, 0) is 9.53 Å². The lowest BCUT2D eigenvalue weighted by molar-refractivity contribution is -0.121. The Hall–Kier alpha value is -0.220. The zero-order chi connectivity index (χ0) is 8.81. The number of ether oxygens (including phenoxy) is 1. The average molecular weight is 189 g/mol. The van der Waals surface area contributed by atoms with E-state index in [0.717, 1.165) is 19.4 Å². The van der Waals surface area contributed by atoms with E-state index in [2.05, 4.69) is 17.9 Å². The van der Waals surface area contributed by atoms with E-state index in [-0.39, 0.29) is 12.0 Å². The van der Waals surface area contributed by atoms with Gasteiger partial charge in [0.15, 0.2) is 0 Å². The fourth-order valence-corrected chi connectivity index (χ4v) is 1.43. The van der Waals surface area contributed by atoms with Gasteiger partial charge >= 0.3 is 0 Å². The second-order valence-corrected chi connectivity index (χ2v) is 3.36. The van der Waals surface area contributed by atoms with Crippen molar-refractivity contribution in [1.82, 2.24) is 5.32 Å². The van der Waals surface area contributed by atoms with Gasteiger partial charge in [-0.25, -0.2) is 0 Å². The highest BCUT2D eigenvalue weighted by Gasteiger charge is 2.15. The molecule has 70 valence electrons. The predicted molar refractivity (Wildman–Crippen MR) is 50.5 cm³/mol. The molecule has 1 fully saturated rings. The summed E-state index contributed by atoms with van der Waals surface area (Å²) in [5, 5.41) is 2.81. The Kier molecular flexibility index (Phi) is 4.46. The van der Waals surface area contributed by atoms with E-state index in [1.165, 1.54) is 0 Å². The van der Waals surface area contributed by atoms with E-state index >= 15 is 0 Å². The largest absolute Gasteiger partial charge is 0.376 e. The molecule has 1 aliphatic heterocycles. The molecule has 1 rings (SSSR count). The van der Waals surface area contributed by atoms with Crippen LogP contribution >= 0.6 is 12.6 Å². The van der Waals surface area contributed by atoms with E-state index in [0.29, 0.717) is 18.7 Å². The third kappa shape index (κ3) is 3.45. The third-order valence-corrected chi connectivity index (χ3v) is 2.11. The van der Waals surface area contributed by atoms with Gasteiger partial charge in [-0.05, 0) is 18.6 Å². The van der Waals surface area contributed by atoms with Crippen LogP contribution in [0.1, 0.15) is 19.3 Å². The van der Waals surface area contributed by atoms with Crippen molar-refractivity contribution in [1.29, 1.82) is 0 Å². The number of hydrogen-bond acceptors (Lipinski definition) is 3. The van der Waals surface area contributed by atoms with Crippen molar-refractivity contribution in [2.45, 2.75) is 25.4 Å². The maximum atomic E-state index is 11.0. The van der Waals surface area contributed by atoms with Crippen molar-refractivity contribution in [2.24, 2.45) is 0 Å². The van der Waals surface area contributed by atoms with Gasteiger partial charge in [-0.15, -0.1) is 0 Å². The SMILES string of the molecule is O=C(CCS)NCC1CCCO1. The van der Waals surface area contributed by atoms with Crippen LogP contribution in [0.2, 0.25) is 0 Å². The van der Waals surface area contributed by atoms with Crippen molar-refractivity contribution >= 4 is 18.5 Å². The lowest BCUT2D eigenvalue weighted by atomic mass is 10.2. The maximum Gasteiger partial charge on any atom is 0.220 e. The summed E-state index contributed by atoms with van der Waals surface area (Å²) in [4.78, 5) is 11.0. The summed E-state index contributed by atoms with van der Waals surface area (Å²) in [7, 11) is 0. The fraction of sp³-hybridized carbons (Fsp3) is 0.875. The van der Waals surface area contributed by atoms with Crippen molar-refractivity contribution in [3.05, 3.63) is 0 Å². The summed E-state index contributed by atoms with van der Waals surface area (Å²) < 4.78 is 5.35. The van der Waals surface area contributed by atoms with Crippen LogP contribution < -0.4 is 5.32 Å². The molecule has 1 saturated heterocycles. The standard InChI is InChI=1S/C8H15NO2S/c10-8(3-5-12)9-6-7-2-1-4-11-7/h7,12H,1-6H2,(H,9,10). The second-order valence-electron chi connectivity index (χ2n) is 2.91. The summed E-state index contributed by atoms with van der Waals surface area (Å²) in [6.07, 6.45) is 2.93. The van der Waals surface area contributed by atoms with Crippen molar-refractivity contribution in [2.75, 3.05) is 18.9 Å². The van der Waals surface area contributed by atoms with E-state index in [1.54, 1.807) is 0 Å². The molecular formula is C8H15NO2S. The minimum atomic E-state index is 0.0699. The van der Waals surface area contributed by atoms with E-state index < -0.39 is 0 Å². The zero-order valence-corrected chi connectivity index (χ0v) is 7.98. The molecule has 4 heteroatoms. The van der Waals surface area contributed by atoms with E-state index in [1.807, 2.05) is 0 Å². The van der Waals surface area contributed by atoms with Gasteiger partial charge in [-0.2, -0.15) is 12.6 Å². The molecule has 0 aromatic heterocycles. The minimum Gasteiger partial charge on any atom is -0.376 e. The number of carbonyl (C=O) groups excluding carboxylic acids is 1. The lowest BCUT2D eigenvalue weighted by Crippen LogP contribution is -2.31. The Labute approximate surface area is 78.3 Å². The number of nitrogens with one attached hydrogen (secondary N) is 1. The van der Waals surface area contributed by atoms with E-state index in [9.17, 15) is 4.79 Å². The highest BCUT2D eigenvalue weighted by atomic mass is 32.1. The predicted octanol–water partition coefficient (Wildman–Crippen LogP) is 0.601. The number of thiol groups is 1. The summed E-state index contributed by atoms with van der Waals surface area (Å²) in [6.45, 7) is 1.50. The second kappa shape index (κ2) is 5.43. The zero-order valence-electron chi connectivity index (χ0n) is 7.08. The molecule has 0 aromatic rings. The molecule has 12 heavy (non-hydrogen) atoms. The average Bonchev–Trinajstić information content (AvgIpc) is 2.53. The van der Waals surface area contributed by atoms with Gasteiger partial charge < -0.3 is 10.1 Å². The molecule has 1 aliphatic rings. The number of hydrogen-bond donors (Lipinski definition) is 2. The van der Waals surface area contributed by atoms with Crippen molar-refractivity contribution < 1.29 is 9.53 Å². The normalized spacial score (nSPS) is 22.6. The Morgan fingerprint density at radius 1 is 1.67 bits per heavy atom. The van der Waals surface area contributed by atoms with Gasteiger partial charge in [0.1, 0.15) is 0 Å². The first-order valence-corrected chi connectivity index (χ1v) is 4.95. The van der Waals surface area contributed by atoms with Gasteiger partial charge in [-0.1, -0.05) is 0 Å². The monoisotopic (exact) mass is 189 g/mol. The topological polar surface area (TPSA) is 38.3 Å². The molecule has 0 saturated carbocycles. The van der Waals surface area contributed by atoms with Gasteiger partial charge in [0.2, 0.25) is 5.91 Å². The van der Waals surface area contributed by atoms with Crippen LogP contribution in [0.4, 0.5) is 0 Å². The first-order chi connectivity index (χ1) is 5.83. The van der Waals surface area contributed by atoms with Crippen LogP contribution in [0.25, 0.3) is 0 Å². The van der Waals surface area contributed by atoms with Gasteiger partial charge in [0.25, 0.3) is 0 Å². The van der Waals surface area contributed by atoms with Crippen LogP contribution in [-0.4, -0.2) is 30.9 Å². The smallest absolute Gasteiger partial charge is 0.220 e. The molecule has 1 N–H and O–H groups in total. The molecule has 0 aromatic carbocycles. The van der Waals surface area contributed by atoms with E-state index in [4.69, 9.17) is 4.74 Å². The molecule has 0 bridgehead atoms. The number of rotatable bonds is 4. The lowest BCUT2D eigenvalue weighted by Gasteiger charge is -2.09. The molecule has 0 radical (unpaired) electrons. The summed E-state index contributed by atoms with van der Waals surface area (Å²) in [6, 6.07) is 0. The molecular weight excluding hydrogens is 174 g/mol. The van der Waals surface area contributed by atoms with Crippen LogP contribution in [0.5, 0.6) is 0 Å². The first-order valence-electron chi connectivity index (χ1n) is 4.32. The number of carbonyl (C=O) groups is 1. The molecule has 3 nitrogen and oxygen atoms in total. The third-order valence-electron chi connectivity index (χ3n) is 1.89. The summed E-state index contributed by atoms with van der Waals surface area (Å²) in [5.41, 5.74) is 0. The van der Waals surface area contributed by atoms with Crippen LogP contribution in [0.3, 0.4) is 0 Å². The van der Waals surface area contributed by atoms with Crippen molar-refractivity contribution in [3.63, 3.8) is 0 Å². The van der Waals surface area contributed by atoms with Crippen LogP contribution in [0, 0.1) is 0 Å². The van der Waals surface area contributed by atoms with Crippen LogP contribution in [0.15, 0.2) is 0 Å². The highest BCUT2D eigenvalue weighted by molar-refractivity contribution is 7.80. The Bertz CT molecular complexity index is 146. The van der Waals surface area contributed by atoms with Crippen molar-refractivity contribution in [3.8, 4) is 0 Å². The molecule has 1 amide bonds. The first kappa shape index (κ1) is 9.86. The summed E-state index contributed by atoms with van der Waals surface area (Å²) in [5.74, 6) is 0.678. The molecule has 1 unspecified atom stereocenters. The Balaban J connectivity index is 2.03. The highest BCUT2D eigenvalue weighted by Crippen LogP contribution is 2.10. The maximum absolute atomic E-state index is 11.0. The number of amides is 1. The quantitative estimate of drug-likeness (QED) is 0.636. The molecule has 0 spiro atoms. The van der Waals surface area contributed by atoms with Gasteiger partial charge in [0.05, 0.1) is 6.10 Å². The molecule has 1 heterocycles. The molecule has 1 atom stereocenters. The Morgan fingerprint density at radius 2 is 2.50 bits per heavy atom.